The van der Waals surface area contributed by atoms with E-state index in [0.29, 0.717) is 17.7 Å². The van der Waals surface area contributed by atoms with Crippen LogP contribution in [0.5, 0.6) is 0 Å². The Bertz CT molecular complexity index is 730. The molecule has 102 valence electrons. The zero-order valence-electron chi connectivity index (χ0n) is 11.1. The SMILES string of the molecule is CC1(C)Cc2onc(-c3cccc(F)c3)c2C(=O)C1=O. The van der Waals surface area contributed by atoms with E-state index in [1.54, 1.807) is 19.9 Å². The van der Waals surface area contributed by atoms with Crippen molar-refractivity contribution in [2.75, 3.05) is 0 Å². The lowest BCUT2D eigenvalue weighted by atomic mass is 9.74. The summed E-state index contributed by atoms with van der Waals surface area (Å²) in [5.41, 5.74) is 0.0344. The molecule has 0 spiro atoms. The van der Waals surface area contributed by atoms with Crippen LogP contribution < -0.4 is 0 Å². The van der Waals surface area contributed by atoms with Crippen molar-refractivity contribution < 1.29 is 18.5 Å². The molecule has 0 saturated heterocycles. The van der Waals surface area contributed by atoms with E-state index >= 15 is 0 Å². The van der Waals surface area contributed by atoms with E-state index in [1.165, 1.54) is 18.2 Å². The lowest BCUT2D eigenvalue weighted by Crippen LogP contribution is -2.38. The molecular formula is C15H12FNO3. The van der Waals surface area contributed by atoms with Crippen molar-refractivity contribution >= 4 is 11.6 Å². The molecule has 0 N–H and O–H groups in total. The van der Waals surface area contributed by atoms with Gasteiger partial charge in [0.1, 0.15) is 17.3 Å². The van der Waals surface area contributed by atoms with Gasteiger partial charge in [-0.25, -0.2) is 4.39 Å². The van der Waals surface area contributed by atoms with Gasteiger partial charge in [-0.15, -0.1) is 0 Å². The fourth-order valence-electron chi connectivity index (χ4n) is 2.41. The Balaban J connectivity index is 2.18. The highest BCUT2D eigenvalue weighted by atomic mass is 19.1. The van der Waals surface area contributed by atoms with Crippen LogP contribution in [0.1, 0.15) is 30.0 Å². The summed E-state index contributed by atoms with van der Waals surface area (Å²) in [6.07, 6.45) is 0.315. The van der Waals surface area contributed by atoms with Gasteiger partial charge in [0.15, 0.2) is 0 Å². The first-order chi connectivity index (χ1) is 9.40. The number of hydrogen-bond donors (Lipinski definition) is 0. The molecule has 0 radical (unpaired) electrons. The molecule has 0 bridgehead atoms. The van der Waals surface area contributed by atoms with Crippen molar-refractivity contribution in [1.29, 1.82) is 0 Å². The van der Waals surface area contributed by atoms with Gasteiger partial charge in [-0.2, -0.15) is 0 Å². The number of benzene rings is 1. The van der Waals surface area contributed by atoms with Crippen molar-refractivity contribution in [3.8, 4) is 11.3 Å². The molecule has 0 atom stereocenters. The topological polar surface area (TPSA) is 60.2 Å². The molecule has 0 unspecified atom stereocenters. The van der Waals surface area contributed by atoms with Crippen LogP contribution in [0.2, 0.25) is 0 Å². The molecular weight excluding hydrogens is 261 g/mol. The maximum absolute atomic E-state index is 13.3. The van der Waals surface area contributed by atoms with Gasteiger partial charge in [0.25, 0.3) is 0 Å². The summed E-state index contributed by atoms with van der Waals surface area (Å²) in [6, 6.07) is 5.70. The molecule has 20 heavy (non-hydrogen) atoms. The summed E-state index contributed by atoms with van der Waals surface area (Å²) in [4.78, 5) is 24.3. The highest BCUT2D eigenvalue weighted by Gasteiger charge is 2.44. The third-order valence-corrected chi connectivity index (χ3v) is 3.51. The van der Waals surface area contributed by atoms with Crippen molar-refractivity contribution in [1.82, 2.24) is 5.16 Å². The molecule has 5 heteroatoms. The molecule has 3 rings (SSSR count). The average Bonchev–Trinajstić information content (AvgIpc) is 2.79. The van der Waals surface area contributed by atoms with Crippen molar-refractivity contribution in [2.24, 2.45) is 5.41 Å². The number of rotatable bonds is 1. The van der Waals surface area contributed by atoms with Crippen LogP contribution in [-0.4, -0.2) is 16.7 Å². The second kappa shape index (κ2) is 4.10. The smallest absolute Gasteiger partial charge is 0.234 e. The van der Waals surface area contributed by atoms with Gasteiger partial charge in [-0.3, -0.25) is 9.59 Å². The summed E-state index contributed by atoms with van der Waals surface area (Å²) in [7, 11) is 0. The van der Waals surface area contributed by atoms with E-state index in [4.69, 9.17) is 4.52 Å². The lowest BCUT2D eigenvalue weighted by molar-refractivity contribution is -0.123. The Morgan fingerprint density at radius 1 is 1.30 bits per heavy atom. The minimum Gasteiger partial charge on any atom is -0.360 e. The van der Waals surface area contributed by atoms with Crippen LogP contribution in [0, 0.1) is 11.2 Å². The summed E-state index contributed by atoms with van der Waals surface area (Å²) in [6.45, 7) is 3.39. The number of Topliss-reactive ketones (excluding diaryl/α,β-unsaturated/α-hetero) is 2. The number of aromatic nitrogens is 1. The van der Waals surface area contributed by atoms with E-state index < -0.39 is 22.8 Å². The van der Waals surface area contributed by atoms with E-state index in [2.05, 4.69) is 5.16 Å². The van der Waals surface area contributed by atoms with Crippen molar-refractivity contribution in [3.05, 3.63) is 41.4 Å². The van der Waals surface area contributed by atoms with Crippen LogP contribution in [0.25, 0.3) is 11.3 Å². The zero-order valence-corrected chi connectivity index (χ0v) is 11.1. The van der Waals surface area contributed by atoms with E-state index in [9.17, 15) is 14.0 Å². The maximum Gasteiger partial charge on any atom is 0.234 e. The van der Waals surface area contributed by atoms with Crippen LogP contribution in [-0.2, 0) is 11.2 Å². The quantitative estimate of drug-likeness (QED) is 0.749. The number of halogens is 1. The third kappa shape index (κ3) is 1.78. The minimum atomic E-state index is -0.789. The Labute approximate surface area is 114 Å². The first-order valence-electron chi connectivity index (χ1n) is 6.24. The highest BCUT2D eigenvalue weighted by Crippen LogP contribution is 2.36. The van der Waals surface area contributed by atoms with Gasteiger partial charge in [-0.1, -0.05) is 31.1 Å². The molecule has 1 aliphatic rings. The molecule has 0 amide bonds. The largest absolute Gasteiger partial charge is 0.360 e. The molecule has 1 aromatic heterocycles. The van der Waals surface area contributed by atoms with E-state index in [1.807, 2.05) is 0 Å². The first-order valence-corrected chi connectivity index (χ1v) is 6.24. The second-order valence-corrected chi connectivity index (χ2v) is 5.56. The fraction of sp³-hybridized carbons (Fsp3) is 0.267. The van der Waals surface area contributed by atoms with Gasteiger partial charge < -0.3 is 4.52 Å². The number of ketones is 2. The molecule has 0 fully saturated rings. The van der Waals surface area contributed by atoms with Gasteiger partial charge in [0.2, 0.25) is 11.6 Å². The summed E-state index contributed by atoms with van der Waals surface area (Å²) in [5, 5.41) is 3.84. The van der Waals surface area contributed by atoms with Crippen LogP contribution >= 0.6 is 0 Å². The molecule has 0 aliphatic heterocycles. The normalized spacial score (nSPS) is 17.1. The van der Waals surface area contributed by atoms with Gasteiger partial charge in [0.05, 0.1) is 5.56 Å². The summed E-state index contributed by atoms with van der Waals surface area (Å²) >= 11 is 0. The number of carbonyl (C=O) groups excluding carboxylic acids is 2. The number of hydrogen-bond acceptors (Lipinski definition) is 4. The molecule has 0 saturated carbocycles. The predicted octanol–water partition coefficient (Wildman–Crippen LogP) is 2.81. The van der Waals surface area contributed by atoms with E-state index in [-0.39, 0.29) is 11.3 Å². The Hall–Kier alpha value is -2.30. The molecule has 1 aliphatic carbocycles. The Kier molecular flexibility index (Phi) is 2.61. The minimum absolute atomic E-state index is 0.167. The highest BCUT2D eigenvalue weighted by molar-refractivity contribution is 6.47. The number of carbonyl (C=O) groups is 2. The molecule has 4 nitrogen and oxygen atoms in total. The molecule has 1 heterocycles. The Morgan fingerprint density at radius 3 is 2.75 bits per heavy atom. The van der Waals surface area contributed by atoms with Crippen molar-refractivity contribution in [2.45, 2.75) is 20.3 Å². The predicted molar refractivity (Wildman–Crippen MR) is 68.7 cm³/mol. The van der Waals surface area contributed by atoms with E-state index in [0.717, 1.165) is 0 Å². The van der Waals surface area contributed by atoms with Gasteiger partial charge in [0, 0.05) is 17.4 Å². The van der Waals surface area contributed by atoms with Crippen molar-refractivity contribution in [3.63, 3.8) is 0 Å². The summed E-state index contributed by atoms with van der Waals surface area (Å²) in [5.74, 6) is -1.13. The average molecular weight is 273 g/mol. The van der Waals surface area contributed by atoms with Crippen LogP contribution in [0.4, 0.5) is 4.39 Å². The summed E-state index contributed by atoms with van der Waals surface area (Å²) < 4.78 is 18.5. The zero-order chi connectivity index (χ0) is 14.5. The fourth-order valence-corrected chi connectivity index (χ4v) is 2.41. The Morgan fingerprint density at radius 2 is 2.05 bits per heavy atom. The van der Waals surface area contributed by atoms with Gasteiger partial charge >= 0.3 is 0 Å². The molecule has 1 aromatic carbocycles. The van der Waals surface area contributed by atoms with Gasteiger partial charge in [-0.05, 0) is 12.1 Å². The number of nitrogens with zero attached hydrogens (tertiary/aromatic N) is 1. The van der Waals surface area contributed by atoms with Crippen LogP contribution in [0.3, 0.4) is 0 Å². The second-order valence-electron chi connectivity index (χ2n) is 5.56. The third-order valence-electron chi connectivity index (χ3n) is 3.51. The maximum atomic E-state index is 13.3. The lowest BCUT2D eigenvalue weighted by Gasteiger charge is -2.24. The first kappa shape index (κ1) is 12.7. The molecule has 2 aromatic rings. The monoisotopic (exact) mass is 273 g/mol. The standard InChI is InChI=1S/C15H12FNO3/c1-15(2)7-10-11(13(18)14(15)19)12(17-20-10)8-4-3-5-9(16)6-8/h3-6H,7H2,1-2H3. The van der Waals surface area contributed by atoms with Crippen LogP contribution in [0.15, 0.2) is 28.8 Å². The number of fused-ring (bicyclic) bond motifs is 1.